The van der Waals surface area contributed by atoms with Crippen LogP contribution in [0, 0.1) is 17.3 Å². The molecule has 1 aliphatic heterocycles. The summed E-state index contributed by atoms with van der Waals surface area (Å²) in [6, 6.07) is 0. The Morgan fingerprint density at radius 2 is 1.18 bits per heavy atom. The predicted octanol–water partition coefficient (Wildman–Crippen LogP) is 7.16. The zero-order valence-electron chi connectivity index (χ0n) is 26.5. The number of carbonyl (C=O) groups is 2. The molecule has 7 heteroatoms. The molecule has 0 aromatic carbocycles. The molecule has 1 fully saturated rings. The Bertz CT molecular complexity index is 647. The summed E-state index contributed by atoms with van der Waals surface area (Å²) in [6.07, 6.45) is 14.5. The molecule has 1 saturated heterocycles. The van der Waals surface area contributed by atoms with E-state index < -0.39 is 11.2 Å². The first-order valence-electron chi connectivity index (χ1n) is 15.8. The minimum atomic E-state index is -0.706. The average molecular weight is 556 g/mol. The van der Waals surface area contributed by atoms with E-state index in [4.69, 9.17) is 18.9 Å². The van der Waals surface area contributed by atoms with E-state index in [-0.39, 0.29) is 25.2 Å². The number of hydrogen-bond acceptors (Lipinski definition) is 7. The van der Waals surface area contributed by atoms with Crippen LogP contribution >= 0.6 is 0 Å². The van der Waals surface area contributed by atoms with Crippen molar-refractivity contribution in [2.45, 2.75) is 130 Å². The van der Waals surface area contributed by atoms with E-state index in [1.54, 1.807) is 0 Å². The summed E-state index contributed by atoms with van der Waals surface area (Å²) >= 11 is 0. The van der Waals surface area contributed by atoms with Gasteiger partial charge in [-0.3, -0.25) is 9.59 Å². The quantitative estimate of drug-likeness (QED) is 0.104. The summed E-state index contributed by atoms with van der Waals surface area (Å²) in [5.41, 5.74) is -0.684. The maximum Gasteiger partial charge on any atom is 0.305 e. The van der Waals surface area contributed by atoms with Crippen molar-refractivity contribution in [3.8, 4) is 0 Å². The molecule has 1 heterocycles. The van der Waals surface area contributed by atoms with Gasteiger partial charge in [-0.2, -0.15) is 0 Å². The van der Waals surface area contributed by atoms with Gasteiger partial charge in [0.05, 0.1) is 18.6 Å². The first-order valence-corrected chi connectivity index (χ1v) is 15.8. The number of hydrogen-bond donors (Lipinski definition) is 0. The van der Waals surface area contributed by atoms with Crippen LogP contribution in [0.4, 0.5) is 0 Å². The molecule has 7 nitrogen and oxygen atoms in total. The van der Waals surface area contributed by atoms with E-state index in [1.165, 1.54) is 57.8 Å². The van der Waals surface area contributed by atoms with Crippen LogP contribution < -0.4 is 0 Å². The first-order chi connectivity index (χ1) is 18.6. The smallest absolute Gasteiger partial charge is 0.305 e. The average Bonchev–Trinajstić information content (AvgIpc) is 2.90. The monoisotopic (exact) mass is 555 g/mol. The van der Waals surface area contributed by atoms with Crippen molar-refractivity contribution in [1.29, 1.82) is 0 Å². The van der Waals surface area contributed by atoms with Crippen molar-refractivity contribution in [3.63, 3.8) is 0 Å². The summed E-state index contributed by atoms with van der Waals surface area (Å²) in [5.74, 6) is 0.145. The molecule has 1 aliphatic rings. The van der Waals surface area contributed by atoms with Gasteiger partial charge in [-0.1, -0.05) is 78.6 Å². The Labute approximate surface area is 240 Å². The largest absolute Gasteiger partial charge is 0.465 e. The molecule has 0 aromatic rings. The second kappa shape index (κ2) is 19.8. The van der Waals surface area contributed by atoms with Gasteiger partial charge < -0.3 is 23.8 Å². The summed E-state index contributed by atoms with van der Waals surface area (Å²) in [4.78, 5) is 27.4. The van der Waals surface area contributed by atoms with Crippen LogP contribution in [-0.2, 0) is 28.5 Å². The van der Waals surface area contributed by atoms with Gasteiger partial charge in [0.2, 0.25) is 0 Å². The van der Waals surface area contributed by atoms with E-state index in [0.717, 1.165) is 25.8 Å². The van der Waals surface area contributed by atoms with Crippen LogP contribution in [0.1, 0.15) is 125 Å². The molecular weight excluding hydrogens is 494 g/mol. The molecule has 1 rings (SSSR count). The third kappa shape index (κ3) is 16.0. The van der Waals surface area contributed by atoms with E-state index >= 15 is 0 Å². The summed E-state index contributed by atoms with van der Waals surface area (Å²) < 4.78 is 23.3. The third-order valence-corrected chi connectivity index (χ3v) is 7.94. The lowest BCUT2D eigenvalue weighted by Crippen LogP contribution is -2.51. The first kappa shape index (κ1) is 35.8. The standard InChI is InChI=1S/C32H61NO6/c1-8-11-16-27(17-12-9-2)28(18-13-10-3)20-21-30(35)37-24-32(25-38-31(4,5)39-26-32)23-36-29(34)19-14-15-22-33(6)7/h27-28H,8-26H2,1-7H3. The van der Waals surface area contributed by atoms with Gasteiger partial charge >= 0.3 is 11.9 Å². The lowest BCUT2D eigenvalue weighted by Gasteiger charge is -2.42. The van der Waals surface area contributed by atoms with Crippen molar-refractivity contribution < 1.29 is 28.5 Å². The summed E-state index contributed by atoms with van der Waals surface area (Å²) in [7, 11) is 4.05. The van der Waals surface area contributed by atoms with E-state index in [0.29, 0.717) is 37.9 Å². The second-order valence-corrected chi connectivity index (χ2v) is 12.5. The Kier molecular flexibility index (Phi) is 18.2. The van der Waals surface area contributed by atoms with Crippen molar-refractivity contribution in [2.24, 2.45) is 17.3 Å². The number of unbranched alkanes of at least 4 members (excludes halogenated alkanes) is 4. The minimum absolute atomic E-state index is 0.123. The lowest BCUT2D eigenvalue weighted by molar-refractivity contribution is -0.296. The fraction of sp³-hybridized carbons (Fsp3) is 0.938. The maximum absolute atomic E-state index is 12.9. The molecule has 0 bridgehead atoms. The molecule has 0 radical (unpaired) electrons. The van der Waals surface area contributed by atoms with E-state index in [9.17, 15) is 9.59 Å². The van der Waals surface area contributed by atoms with Gasteiger partial charge in [-0.15, -0.1) is 0 Å². The zero-order chi connectivity index (χ0) is 29.2. The van der Waals surface area contributed by atoms with Crippen LogP contribution in [-0.4, -0.2) is 69.7 Å². The maximum atomic E-state index is 12.9. The van der Waals surface area contributed by atoms with Crippen molar-refractivity contribution in [1.82, 2.24) is 4.90 Å². The Balaban J connectivity index is 2.68. The number of esters is 2. The van der Waals surface area contributed by atoms with Gasteiger partial charge in [0.15, 0.2) is 5.79 Å². The number of ether oxygens (including phenoxy) is 4. The Hall–Kier alpha value is -1.18. The lowest BCUT2D eigenvalue weighted by atomic mass is 9.79. The van der Waals surface area contributed by atoms with E-state index in [1.807, 2.05) is 27.9 Å². The van der Waals surface area contributed by atoms with Crippen molar-refractivity contribution >= 4 is 11.9 Å². The zero-order valence-corrected chi connectivity index (χ0v) is 26.5. The fourth-order valence-corrected chi connectivity index (χ4v) is 5.19. The molecule has 39 heavy (non-hydrogen) atoms. The highest BCUT2D eigenvalue weighted by atomic mass is 16.7. The fourth-order valence-electron chi connectivity index (χ4n) is 5.19. The van der Waals surface area contributed by atoms with Crippen molar-refractivity contribution in [2.75, 3.05) is 47.1 Å². The SMILES string of the molecule is CCCCC(CCCC)C(CCCC)CCC(=O)OCC1(COC(=O)CCCCN(C)C)COC(C)(C)OC1. The molecule has 230 valence electrons. The molecule has 0 amide bonds. The Morgan fingerprint density at radius 3 is 1.64 bits per heavy atom. The molecule has 0 aliphatic carbocycles. The number of rotatable bonds is 22. The van der Waals surface area contributed by atoms with Crippen LogP contribution in [0.3, 0.4) is 0 Å². The van der Waals surface area contributed by atoms with Crippen LogP contribution in [0.15, 0.2) is 0 Å². The second-order valence-electron chi connectivity index (χ2n) is 12.5. The molecule has 0 aromatic heterocycles. The number of carbonyl (C=O) groups excluding carboxylic acids is 2. The Morgan fingerprint density at radius 1 is 0.718 bits per heavy atom. The summed E-state index contributed by atoms with van der Waals surface area (Å²) in [5, 5.41) is 0. The number of nitrogens with zero attached hydrogens (tertiary/aromatic N) is 1. The van der Waals surface area contributed by atoms with E-state index in [2.05, 4.69) is 25.7 Å². The van der Waals surface area contributed by atoms with Gasteiger partial charge in [-0.25, -0.2) is 0 Å². The molecular formula is C32H61NO6. The van der Waals surface area contributed by atoms with Crippen LogP contribution in [0.25, 0.3) is 0 Å². The van der Waals surface area contributed by atoms with Gasteiger partial charge in [0.1, 0.15) is 13.2 Å². The van der Waals surface area contributed by atoms with Crippen molar-refractivity contribution in [3.05, 3.63) is 0 Å². The predicted molar refractivity (Wildman–Crippen MR) is 158 cm³/mol. The highest BCUT2D eigenvalue weighted by Crippen LogP contribution is 2.33. The molecule has 1 unspecified atom stereocenters. The normalized spacial score (nSPS) is 17.4. The van der Waals surface area contributed by atoms with Gasteiger partial charge in [-0.05, 0) is 65.6 Å². The van der Waals surface area contributed by atoms with Gasteiger partial charge in [0, 0.05) is 12.8 Å². The van der Waals surface area contributed by atoms with Crippen LogP contribution in [0.5, 0.6) is 0 Å². The highest BCUT2D eigenvalue weighted by molar-refractivity contribution is 5.70. The molecule has 0 N–H and O–H groups in total. The molecule has 0 spiro atoms. The van der Waals surface area contributed by atoms with Gasteiger partial charge in [0.25, 0.3) is 0 Å². The molecule has 0 saturated carbocycles. The topological polar surface area (TPSA) is 74.3 Å². The third-order valence-electron chi connectivity index (χ3n) is 7.94. The highest BCUT2D eigenvalue weighted by Gasteiger charge is 2.42. The minimum Gasteiger partial charge on any atom is -0.465 e. The summed E-state index contributed by atoms with van der Waals surface area (Å²) in [6.45, 7) is 12.3. The van der Waals surface area contributed by atoms with Crippen LogP contribution in [0.2, 0.25) is 0 Å². The molecule has 1 atom stereocenters.